The van der Waals surface area contributed by atoms with Gasteiger partial charge in [0.05, 0.1) is 17.3 Å². The van der Waals surface area contributed by atoms with E-state index in [4.69, 9.17) is 14.8 Å². The summed E-state index contributed by atoms with van der Waals surface area (Å²) in [6, 6.07) is 0.429. The van der Waals surface area contributed by atoms with Crippen molar-refractivity contribution in [1.82, 2.24) is 19.7 Å². The fourth-order valence-corrected chi connectivity index (χ4v) is 3.61. The van der Waals surface area contributed by atoms with Gasteiger partial charge in [0.25, 0.3) is 0 Å². The van der Waals surface area contributed by atoms with Gasteiger partial charge >= 0.3 is 0 Å². The van der Waals surface area contributed by atoms with Gasteiger partial charge in [0, 0.05) is 12.5 Å². The first-order chi connectivity index (χ1) is 10.4. The van der Waals surface area contributed by atoms with E-state index in [1.165, 1.54) is 0 Å². The molecule has 0 unspecified atom stereocenters. The summed E-state index contributed by atoms with van der Waals surface area (Å²) in [5.74, 6) is 1.55. The zero-order chi connectivity index (χ0) is 15.9. The quantitative estimate of drug-likeness (QED) is 0.925. The van der Waals surface area contributed by atoms with E-state index in [2.05, 4.69) is 44.3 Å². The average molecular weight is 304 g/mol. The van der Waals surface area contributed by atoms with Crippen LogP contribution in [-0.4, -0.2) is 32.0 Å². The molecule has 0 spiro atoms. The number of aromatic amines is 1. The fourth-order valence-electron chi connectivity index (χ4n) is 3.61. The Morgan fingerprint density at radius 1 is 1.36 bits per heavy atom. The van der Waals surface area contributed by atoms with E-state index in [1.54, 1.807) is 0 Å². The molecule has 3 rings (SSSR count). The van der Waals surface area contributed by atoms with E-state index in [0.29, 0.717) is 12.0 Å². The fraction of sp³-hybridized carbons (Fsp3) is 0.765. The van der Waals surface area contributed by atoms with Crippen LogP contribution in [0.2, 0.25) is 0 Å². The summed E-state index contributed by atoms with van der Waals surface area (Å²) >= 11 is 0. The van der Waals surface area contributed by atoms with Gasteiger partial charge < -0.3 is 9.72 Å². The molecule has 2 aromatic rings. The molecule has 5 heteroatoms. The highest BCUT2D eigenvalue weighted by atomic mass is 16.5. The molecule has 3 heterocycles. The van der Waals surface area contributed by atoms with Crippen LogP contribution in [0.25, 0.3) is 11.2 Å². The molecule has 0 radical (unpaired) electrons. The van der Waals surface area contributed by atoms with Gasteiger partial charge in [-0.3, -0.25) is 0 Å². The summed E-state index contributed by atoms with van der Waals surface area (Å²) in [6.07, 6.45) is 4.22. The summed E-state index contributed by atoms with van der Waals surface area (Å²) < 4.78 is 7.95. The minimum absolute atomic E-state index is 0.0572. The van der Waals surface area contributed by atoms with Crippen molar-refractivity contribution in [2.75, 3.05) is 6.61 Å². The maximum Gasteiger partial charge on any atom is 0.176 e. The van der Waals surface area contributed by atoms with Crippen LogP contribution >= 0.6 is 0 Å². The maximum absolute atomic E-state index is 5.83. The third-order valence-electron chi connectivity index (χ3n) is 4.91. The number of ether oxygens (including phenoxy) is 1. The number of aryl methyl sites for hydroxylation is 1. The van der Waals surface area contributed by atoms with Gasteiger partial charge in [-0.2, -0.15) is 5.10 Å². The van der Waals surface area contributed by atoms with Crippen molar-refractivity contribution in [2.24, 2.45) is 0 Å². The lowest BCUT2D eigenvalue weighted by Gasteiger charge is -2.34. The molecule has 0 aromatic carbocycles. The zero-order valence-corrected chi connectivity index (χ0v) is 14.4. The first kappa shape index (κ1) is 15.5. The number of H-pyrrole nitrogens is 1. The second-order valence-electron chi connectivity index (χ2n) is 7.12. The Bertz CT molecular complexity index is 651. The van der Waals surface area contributed by atoms with Crippen LogP contribution in [0.5, 0.6) is 0 Å². The molecule has 0 saturated carbocycles. The smallest absolute Gasteiger partial charge is 0.176 e. The van der Waals surface area contributed by atoms with Crippen molar-refractivity contribution in [3.63, 3.8) is 0 Å². The van der Waals surface area contributed by atoms with Crippen LogP contribution in [-0.2, 0) is 4.74 Å². The van der Waals surface area contributed by atoms with E-state index in [1.807, 2.05) is 0 Å². The number of fused-ring (bicyclic) bond motifs is 1. The Morgan fingerprint density at radius 2 is 2.09 bits per heavy atom. The molecule has 22 heavy (non-hydrogen) atoms. The molecule has 1 aliphatic heterocycles. The summed E-state index contributed by atoms with van der Waals surface area (Å²) in [4.78, 5) is 8.47. The Morgan fingerprint density at radius 3 is 2.73 bits per heavy atom. The molecule has 1 atom stereocenters. The van der Waals surface area contributed by atoms with E-state index in [0.717, 1.165) is 55.0 Å². The number of hydrogen-bond donors (Lipinski definition) is 1. The van der Waals surface area contributed by atoms with Crippen LogP contribution in [0.1, 0.15) is 76.9 Å². The molecule has 5 nitrogen and oxygen atoms in total. The van der Waals surface area contributed by atoms with E-state index < -0.39 is 0 Å². The second-order valence-corrected chi connectivity index (χ2v) is 7.12. The Hall–Kier alpha value is -1.36. The number of nitrogens with zero attached hydrogens (tertiary/aromatic N) is 3. The first-order valence-corrected chi connectivity index (χ1v) is 8.53. The van der Waals surface area contributed by atoms with Gasteiger partial charge in [-0.15, -0.1) is 0 Å². The highest BCUT2D eigenvalue weighted by Gasteiger charge is 2.32. The second kappa shape index (κ2) is 5.69. The Balaban J connectivity index is 1.98. The van der Waals surface area contributed by atoms with Crippen LogP contribution in [0.15, 0.2) is 0 Å². The first-order valence-electron chi connectivity index (χ1n) is 8.53. The topological polar surface area (TPSA) is 55.7 Å². The average Bonchev–Trinajstić information content (AvgIpc) is 3.01. The van der Waals surface area contributed by atoms with E-state index >= 15 is 0 Å². The van der Waals surface area contributed by atoms with Crippen molar-refractivity contribution in [2.45, 2.75) is 77.9 Å². The lowest BCUT2D eigenvalue weighted by atomic mass is 9.88. The standard InChI is InChI=1S/C17H28N4O/c1-6-13(7-2)21-16-14(11(3)20-21)18-15(19-16)12-8-9-22-17(4,5)10-12/h12-13H,6-10H2,1-5H3,(H,18,19)/t12-/m0/s1. The van der Waals surface area contributed by atoms with Gasteiger partial charge in [-0.25, -0.2) is 9.67 Å². The van der Waals surface area contributed by atoms with E-state index in [-0.39, 0.29) is 5.60 Å². The van der Waals surface area contributed by atoms with Crippen LogP contribution in [0, 0.1) is 6.92 Å². The summed E-state index contributed by atoms with van der Waals surface area (Å²) in [7, 11) is 0. The molecule has 0 bridgehead atoms. The van der Waals surface area contributed by atoms with Crippen LogP contribution < -0.4 is 0 Å². The molecular weight excluding hydrogens is 276 g/mol. The number of rotatable bonds is 4. The van der Waals surface area contributed by atoms with Crippen molar-refractivity contribution < 1.29 is 4.74 Å². The molecule has 1 aliphatic rings. The normalized spacial score (nSPS) is 21.8. The third-order valence-corrected chi connectivity index (χ3v) is 4.91. The number of imidazole rings is 1. The van der Waals surface area contributed by atoms with Crippen molar-refractivity contribution in [1.29, 1.82) is 0 Å². The number of aromatic nitrogens is 4. The highest BCUT2D eigenvalue weighted by molar-refractivity contribution is 5.74. The molecule has 0 amide bonds. The molecule has 0 aliphatic carbocycles. The molecule has 122 valence electrons. The molecule has 2 aromatic heterocycles. The SMILES string of the molecule is CCC(CC)n1nc(C)c2[nH]c([C@H]3CCOC(C)(C)C3)nc21. The third kappa shape index (κ3) is 2.67. The van der Waals surface area contributed by atoms with E-state index in [9.17, 15) is 0 Å². The molecular formula is C17H28N4O. The van der Waals surface area contributed by atoms with Crippen molar-refractivity contribution in [3.8, 4) is 0 Å². The Labute approximate surface area is 132 Å². The highest BCUT2D eigenvalue weighted by Crippen LogP contribution is 2.35. The lowest BCUT2D eigenvalue weighted by Crippen LogP contribution is -2.33. The molecule has 1 saturated heterocycles. The van der Waals surface area contributed by atoms with Crippen molar-refractivity contribution >= 4 is 11.2 Å². The number of nitrogens with one attached hydrogen (secondary N) is 1. The van der Waals surface area contributed by atoms with Gasteiger partial charge in [0.1, 0.15) is 11.3 Å². The maximum atomic E-state index is 5.83. The van der Waals surface area contributed by atoms with Crippen LogP contribution in [0.4, 0.5) is 0 Å². The number of hydrogen-bond acceptors (Lipinski definition) is 3. The molecule has 1 fully saturated rings. The van der Waals surface area contributed by atoms with Gasteiger partial charge in [0.15, 0.2) is 5.65 Å². The minimum Gasteiger partial charge on any atom is -0.376 e. The van der Waals surface area contributed by atoms with Gasteiger partial charge in [0.2, 0.25) is 0 Å². The largest absolute Gasteiger partial charge is 0.376 e. The van der Waals surface area contributed by atoms with Gasteiger partial charge in [-0.1, -0.05) is 13.8 Å². The zero-order valence-electron chi connectivity index (χ0n) is 14.4. The minimum atomic E-state index is -0.0572. The predicted octanol–water partition coefficient (Wildman–Crippen LogP) is 4.10. The molecule has 1 N–H and O–H groups in total. The van der Waals surface area contributed by atoms with Crippen molar-refractivity contribution in [3.05, 3.63) is 11.5 Å². The summed E-state index contributed by atoms with van der Waals surface area (Å²) in [5, 5.41) is 4.70. The lowest BCUT2D eigenvalue weighted by molar-refractivity contribution is -0.0602. The Kier molecular flexibility index (Phi) is 4.02. The summed E-state index contributed by atoms with van der Waals surface area (Å²) in [5.41, 5.74) is 3.11. The van der Waals surface area contributed by atoms with Crippen LogP contribution in [0.3, 0.4) is 0 Å². The summed E-state index contributed by atoms with van der Waals surface area (Å²) in [6.45, 7) is 11.6. The monoisotopic (exact) mass is 304 g/mol. The predicted molar refractivity (Wildman–Crippen MR) is 88.2 cm³/mol. The van der Waals surface area contributed by atoms with Gasteiger partial charge in [-0.05, 0) is 46.5 Å².